The Kier molecular flexibility index (Phi) is 5.73. The van der Waals surface area contributed by atoms with Gasteiger partial charge in [0.15, 0.2) is 17.3 Å². The average molecular weight is 443 g/mol. The van der Waals surface area contributed by atoms with E-state index in [9.17, 15) is 9.59 Å². The summed E-state index contributed by atoms with van der Waals surface area (Å²) in [5.74, 6) is 0.871. The van der Waals surface area contributed by atoms with E-state index in [2.05, 4.69) is 15.2 Å². The Morgan fingerprint density at radius 3 is 2.71 bits per heavy atom. The summed E-state index contributed by atoms with van der Waals surface area (Å²) < 4.78 is 22.1. The van der Waals surface area contributed by atoms with Gasteiger partial charge < -0.3 is 23.6 Å². The Bertz CT molecular complexity index is 1140. The molecule has 1 N–H and O–H groups in total. The predicted molar refractivity (Wildman–Crippen MR) is 111 cm³/mol. The van der Waals surface area contributed by atoms with Crippen LogP contribution in [-0.4, -0.2) is 45.9 Å². The zero-order chi connectivity index (χ0) is 22.1. The number of ketones is 1. The fourth-order valence-corrected chi connectivity index (χ4v) is 4.10. The third kappa shape index (κ3) is 4.02. The van der Waals surface area contributed by atoms with Crippen molar-refractivity contribution in [2.75, 3.05) is 13.7 Å². The number of thioether (sulfide) groups is 1. The van der Waals surface area contributed by atoms with Crippen molar-refractivity contribution in [1.29, 1.82) is 0 Å². The second kappa shape index (κ2) is 8.46. The number of aryl methyl sites for hydroxylation is 1. The average Bonchev–Trinajstić information content (AvgIpc) is 3.36. The van der Waals surface area contributed by atoms with Gasteiger partial charge in [0.05, 0.1) is 23.6 Å². The topological polar surface area (TPSA) is 117 Å². The molecular formula is C21H21N3O6S. The number of benzene rings is 1. The highest BCUT2D eigenvalue weighted by atomic mass is 32.2. The molecule has 0 bridgehead atoms. The van der Waals surface area contributed by atoms with Gasteiger partial charge >= 0.3 is 5.97 Å². The summed E-state index contributed by atoms with van der Waals surface area (Å²) in [6, 6.07) is 7.34. The van der Waals surface area contributed by atoms with E-state index in [0.717, 1.165) is 11.8 Å². The number of aromatic nitrogens is 3. The standard InChI is InChI=1S/C21H21N3O6S/c1-10-16(20(26)27-4)11(2)22-17(10)18(25)12(3)31-21-24-23-19(30-21)15-9-28-13-7-5-6-8-14(13)29-15/h5-8,12,15,22H,9H2,1-4H3/t12-,15-/m0/s1. The van der Waals surface area contributed by atoms with Crippen LogP contribution >= 0.6 is 11.8 Å². The molecule has 4 rings (SSSR count). The summed E-state index contributed by atoms with van der Waals surface area (Å²) in [5.41, 5.74) is 1.87. The zero-order valence-electron chi connectivity index (χ0n) is 17.4. The molecule has 2 atom stereocenters. The number of rotatable bonds is 6. The van der Waals surface area contributed by atoms with Crippen LogP contribution in [0.1, 0.15) is 51.0 Å². The maximum absolute atomic E-state index is 13.0. The minimum atomic E-state index is -0.529. The Morgan fingerprint density at radius 2 is 1.97 bits per heavy atom. The van der Waals surface area contributed by atoms with Gasteiger partial charge in [0.2, 0.25) is 6.10 Å². The van der Waals surface area contributed by atoms with Crippen molar-refractivity contribution in [3.63, 3.8) is 0 Å². The van der Waals surface area contributed by atoms with Crippen LogP contribution in [-0.2, 0) is 4.74 Å². The zero-order valence-corrected chi connectivity index (χ0v) is 18.2. The van der Waals surface area contributed by atoms with Gasteiger partial charge in [0.1, 0.15) is 6.61 Å². The molecule has 0 spiro atoms. The second-order valence-corrected chi connectivity index (χ2v) is 8.30. The molecule has 2 aromatic heterocycles. The van der Waals surface area contributed by atoms with E-state index in [1.807, 2.05) is 18.2 Å². The van der Waals surface area contributed by atoms with Crippen LogP contribution in [0.15, 0.2) is 33.9 Å². The number of Topliss-reactive ketones (excluding diaryl/α,β-unsaturated/α-hetero) is 1. The lowest BCUT2D eigenvalue weighted by atomic mass is 10.1. The fourth-order valence-electron chi connectivity index (χ4n) is 3.35. The minimum Gasteiger partial charge on any atom is -0.485 e. The molecule has 0 radical (unpaired) electrons. The van der Waals surface area contributed by atoms with Gasteiger partial charge in [-0.3, -0.25) is 4.79 Å². The molecule has 31 heavy (non-hydrogen) atoms. The van der Waals surface area contributed by atoms with E-state index < -0.39 is 17.3 Å². The highest BCUT2D eigenvalue weighted by molar-refractivity contribution is 8.00. The quantitative estimate of drug-likeness (QED) is 0.346. The molecule has 0 amide bonds. The molecule has 10 heteroatoms. The van der Waals surface area contributed by atoms with Gasteiger partial charge in [-0.05, 0) is 38.5 Å². The Morgan fingerprint density at radius 1 is 1.23 bits per heavy atom. The third-order valence-electron chi connectivity index (χ3n) is 4.93. The molecule has 0 saturated carbocycles. The van der Waals surface area contributed by atoms with Crippen LogP contribution in [0.2, 0.25) is 0 Å². The SMILES string of the molecule is COC(=O)c1c(C)[nH]c(C(=O)[C@H](C)Sc2nnc([C@@H]3COc4ccccc4O3)o2)c1C. The molecule has 3 heterocycles. The Labute approximate surface area is 182 Å². The van der Waals surface area contributed by atoms with Crippen molar-refractivity contribution in [1.82, 2.24) is 15.2 Å². The number of hydrogen-bond acceptors (Lipinski definition) is 9. The number of carbonyl (C=O) groups is 2. The maximum Gasteiger partial charge on any atom is 0.339 e. The molecule has 1 aliphatic heterocycles. The number of ether oxygens (including phenoxy) is 3. The van der Waals surface area contributed by atoms with Crippen molar-refractivity contribution in [3.8, 4) is 11.5 Å². The molecule has 3 aromatic rings. The third-order valence-corrected chi connectivity index (χ3v) is 5.86. The van der Waals surface area contributed by atoms with Crippen LogP contribution in [0.5, 0.6) is 11.5 Å². The van der Waals surface area contributed by atoms with Gasteiger partial charge in [0, 0.05) is 5.69 Å². The van der Waals surface area contributed by atoms with Gasteiger partial charge in [-0.25, -0.2) is 4.79 Å². The summed E-state index contributed by atoms with van der Waals surface area (Å²) in [7, 11) is 1.31. The monoisotopic (exact) mass is 443 g/mol. The number of para-hydroxylation sites is 2. The summed E-state index contributed by atoms with van der Waals surface area (Å²) >= 11 is 1.13. The van der Waals surface area contributed by atoms with Gasteiger partial charge in [-0.15, -0.1) is 10.2 Å². The summed E-state index contributed by atoms with van der Waals surface area (Å²) in [4.78, 5) is 27.9. The number of aromatic amines is 1. The van der Waals surface area contributed by atoms with Crippen LogP contribution < -0.4 is 9.47 Å². The first kappa shape index (κ1) is 21.0. The highest BCUT2D eigenvalue weighted by Gasteiger charge is 2.30. The maximum atomic E-state index is 13.0. The molecule has 9 nitrogen and oxygen atoms in total. The first-order chi connectivity index (χ1) is 14.9. The number of nitrogens with zero attached hydrogens (tertiary/aromatic N) is 2. The number of nitrogens with one attached hydrogen (secondary N) is 1. The Balaban J connectivity index is 1.46. The lowest BCUT2D eigenvalue weighted by molar-refractivity contribution is 0.0599. The molecule has 0 aliphatic carbocycles. The first-order valence-corrected chi connectivity index (χ1v) is 10.5. The largest absolute Gasteiger partial charge is 0.485 e. The molecule has 0 fully saturated rings. The number of H-pyrrole nitrogens is 1. The van der Waals surface area contributed by atoms with E-state index in [1.165, 1.54) is 7.11 Å². The fraction of sp³-hybridized carbons (Fsp3) is 0.333. The lowest BCUT2D eigenvalue weighted by Gasteiger charge is -2.23. The number of esters is 1. The number of methoxy groups -OCH3 is 1. The van der Waals surface area contributed by atoms with Crippen molar-refractivity contribution in [2.24, 2.45) is 0 Å². The van der Waals surface area contributed by atoms with Crippen LogP contribution in [0.25, 0.3) is 0 Å². The van der Waals surface area contributed by atoms with Gasteiger partial charge in [-0.1, -0.05) is 23.9 Å². The molecule has 162 valence electrons. The molecule has 1 aliphatic rings. The first-order valence-electron chi connectivity index (χ1n) is 9.59. The van der Waals surface area contributed by atoms with Crippen LogP contribution in [0.4, 0.5) is 0 Å². The van der Waals surface area contributed by atoms with E-state index in [4.69, 9.17) is 18.6 Å². The van der Waals surface area contributed by atoms with Crippen LogP contribution in [0.3, 0.4) is 0 Å². The summed E-state index contributed by atoms with van der Waals surface area (Å²) in [6.45, 7) is 5.42. The van der Waals surface area contributed by atoms with Crippen molar-refractivity contribution in [2.45, 2.75) is 37.3 Å². The predicted octanol–water partition coefficient (Wildman–Crippen LogP) is 3.68. The minimum absolute atomic E-state index is 0.188. The second-order valence-electron chi connectivity index (χ2n) is 7.01. The smallest absolute Gasteiger partial charge is 0.339 e. The summed E-state index contributed by atoms with van der Waals surface area (Å²) in [6.07, 6.45) is -0.529. The van der Waals surface area contributed by atoms with E-state index in [-0.39, 0.29) is 23.5 Å². The van der Waals surface area contributed by atoms with Gasteiger partial charge in [0.25, 0.3) is 11.1 Å². The van der Waals surface area contributed by atoms with Gasteiger partial charge in [-0.2, -0.15) is 0 Å². The highest BCUT2D eigenvalue weighted by Crippen LogP contribution is 2.36. The van der Waals surface area contributed by atoms with Crippen LogP contribution in [0, 0.1) is 13.8 Å². The molecule has 0 saturated heterocycles. The van der Waals surface area contributed by atoms with Crippen molar-refractivity contribution < 1.29 is 28.2 Å². The number of hydrogen-bond donors (Lipinski definition) is 1. The van der Waals surface area contributed by atoms with E-state index >= 15 is 0 Å². The molecule has 0 unspecified atom stereocenters. The summed E-state index contributed by atoms with van der Waals surface area (Å²) in [5, 5.41) is 7.78. The van der Waals surface area contributed by atoms with Crippen molar-refractivity contribution >= 4 is 23.5 Å². The number of fused-ring (bicyclic) bond motifs is 1. The van der Waals surface area contributed by atoms with E-state index in [1.54, 1.807) is 26.8 Å². The molecular weight excluding hydrogens is 422 g/mol. The normalized spacial score (nSPS) is 16.1. The molecule has 1 aromatic carbocycles. The van der Waals surface area contributed by atoms with E-state index in [0.29, 0.717) is 34.0 Å². The lowest BCUT2D eigenvalue weighted by Crippen LogP contribution is -2.21. The Hall–Kier alpha value is -3.27. The number of carbonyl (C=O) groups excluding carboxylic acids is 2. The van der Waals surface area contributed by atoms with Crippen molar-refractivity contribution in [3.05, 3.63) is 52.7 Å².